The SMILES string of the molecule is O=c1c2n(c(=O)c3n1CC1=C(C=3)[I-]I=CN1C1CCCCO1)Cc1c(ncn1C1CCCCO1)C=2. The molecule has 5 aliphatic heterocycles. The van der Waals surface area contributed by atoms with Gasteiger partial charge in [-0.3, -0.25) is 0 Å². The van der Waals surface area contributed by atoms with E-state index in [2.05, 4.69) is 18.6 Å². The third kappa shape index (κ3) is 3.75. The summed E-state index contributed by atoms with van der Waals surface area (Å²) in [5.41, 5.74) is 2.64. The third-order valence-electron chi connectivity index (χ3n) is 7.37. The molecule has 5 aliphatic rings. The van der Waals surface area contributed by atoms with E-state index < -0.39 is 0 Å². The number of hydrogen-bond acceptors (Lipinski definition) is 6. The molecule has 0 aliphatic carbocycles. The van der Waals surface area contributed by atoms with Gasteiger partial charge in [-0.1, -0.05) is 0 Å². The molecule has 186 valence electrons. The van der Waals surface area contributed by atoms with Gasteiger partial charge in [-0.25, -0.2) is 0 Å². The van der Waals surface area contributed by atoms with Gasteiger partial charge < -0.3 is 0 Å². The maximum absolute atomic E-state index is 13.7. The Labute approximate surface area is 217 Å². The zero-order valence-corrected chi connectivity index (χ0v) is 23.5. The van der Waals surface area contributed by atoms with Crippen molar-refractivity contribution in [2.75, 3.05) is 13.2 Å². The molecule has 0 aromatic carbocycles. The van der Waals surface area contributed by atoms with Crippen molar-refractivity contribution in [1.29, 1.82) is 0 Å². The van der Waals surface area contributed by atoms with Crippen molar-refractivity contribution in [3.05, 3.63) is 58.4 Å². The monoisotopic (exact) mass is 702 g/mol. The van der Waals surface area contributed by atoms with Gasteiger partial charge in [0.1, 0.15) is 0 Å². The van der Waals surface area contributed by atoms with Crippen LogP contribution in [-0.2, 0) is 22.6 Å². The fourth-order valence-corrected chi connectivity index (χ4v) is 14.2. The molecular formula is C24H26I2N5O4-. The van der Waals surface area contributed by atoms with Crippen LogP contribution in [0.2, 0.25) is 0 Å². The maximum atomic E-state index is 13.7. The number of nitrogens with zero attached hydrogens (tertiary/aromatic N) is 5. The van der Waals surface area contributed by atoms with E-state index in [1.807, 2.05) is 6.08 Å². The molecule has 35 heavy (non-hydrogen) atoms. The molecule has 0 amide bonds. The summed E-state index contributed by atoms with van der Waals surface area (Å²) in [4.78, 5) is 34.3. The second-order valence-electron chi connectivity index (χ2n) is 9.42. The Bertz CT molecular complexity index is 1510. The quantitative estimate of drug-likeness (QED) is 0.280. The predicted molar refractivity (Wildman–Crippen MR) is 135 cm³/mol. The van der Waals surface area contributed by atoms with Gasteiger partial charge in [0.15, 0.2) is 0 Å². The first kappa shape index (κ1) is 22.6. The zero-order valence-electron chi connectivity index (χ0n) is 19.2. The van der Waals surface area contributed by atoms with Gasteiger partial charge in [-0.15, -0.1) is 0 Å². The van der Waals surface area contributed by atoms with E-state index in [0.717, 1.165) is 68.8 Å². The summed E-state index contributed by atoms with van der Waals surface area (Å²) in [7, 11) is 0. The molecule has 9 nitrogen and oxygen atoms in total. The number of ether oxygens (including phenoxy) is 2. The van der Waals surface area contributed by atoms with E-state index in [1.54, 1.807) is 21.5 Å². The van der Waals surface area contributed by atoms with Gasteiger partial charge in [0.25, 0.3) is 0 Å². The molecule has 0 N–H and O–H groups in total. The molecule has 2 atom stereocenters. The first-order valence-electron chi connectivity index (χ1n) is 12.2. The standard InChI is InChI=1S/C24H26I2N5O4/c32-23-17-9-15-19(30(13-25-26-15)21-5-1-3-7-34-21)11-28(17)24(33)18-10-16-20(12-29(18)23)31(14-27-16)22-6-2-4-8-35-22/h9-10,13-14,21-22H,1-8,11-12H2/q-1. The summed E-state index contributed by atoms with van der Waals surface area (Å²) in [6, 6.07) is 0. The van der Waals surface area contributed by atoms with Crippen molar-refractivity contribution in [3.8, 4) is 0 Å². The summed E-state index contributed by atoms with van der Waals surface area (Å²) in [5.74, 6) is 0. The Morgan fingerprint density at radius 3 is 2.37 bits per heavy atom. The topological polar surface area (TPSA) is 83.5 Å². The molecule has 2 aromatic rings. The van der Waals surface area contributed by atoms with Crippen LogP contribution in [0.4, 0.5) is 0 Å². The van der Waals surface area contributed by atoms with Crippen LogP contribution in [0.15, 0.2) is 25.2 Å². The average Bonchev–Trinajstić information content (AvgIpc) is 3.34. The summed E-state index contributed by atoms with van der Waals surface area (Å²) in [5, 5.41) is 0.936. The number of imidazole rings is 1. The van der Waals surface area contributed by atoms with Crippen molar-refractivity contribution in [2.24, 2.45) is 0 Å². The van der Waals surface area contributed by atoms with Crippen LogP contribution in [0.1, 0.15) is 56.1 Å². The molecule has 0 saturated carbocycles. The van der Waals surface area contributed by atoms with Crippen molar-refractivity contribution in [3.63, 3.8) is 0 Å². The number of aromatic nitrogens is 4. The van der Waals surface area contributed by atoms with Crippen LogP contribution >= 0.6 is 16.8 Å². The second-order valence-corrected chi connectivity index (χ2v) is 17.9. The minimum atomic E-state index is -0.128. The van der Waals surface area contributed by atoms with Gasteiger partial charge in [0.05, 0.1) is 0 Å². The molecule has 11 heteroatoms. The number of halogens is 2. The number of hydrogen-bond donors (Lipinski definition) is 0. The molecule has 2 unspecified atom stereocenters. The Balaban J connectivity index is 1.32. The average molecular weight is 702 g/mol. The van der Waals surface area contributed by atoms with E-state index in [4.69, 9.17) is 9.47 Å². The van der Waals surface area contributed by atoms with E-state index >= 15 is 0 Å². The van der Waals surface area contributed by atoms with Crippen LogP contribution in [0.25, 0.3) is 12.2 Å². The van der Waals surface area contributed by atoms with Gasteiger partial charge in [-0.05, 0) is 0 Å². The fourth-order valence-electron chi connectivity index (χ4n) is 5.51. The summed E-state index contributed by atoms with van der Waals surface area (Å²) >= 11 is -0.172. The number of allylic oxidation sites excluding steroid dienone is 2. The zero-order chi connectivity index (χ0) is 23.5. The van der Waals surface area contributed by atoms with Crippen LogP contribution in [0.5, 0.6) is 0 Å². The molecule has 0 radical (unpaired) electrons. The third-order valence-corrected chi connectivity index (χ3v) is 15.7. The van der Waals surface area contributed by atoms with Gasteiger partial charge in [0.2, 0.25) is 0 Å². The second kappa shape index (κ2) is 9.06. The first-order valence-corrected chi connectivity index (χ1v) is 20.8. The molecule has 7 heterocycles. The van der Waals surface area contributed by atoms with Gasteiger partial charge >= 0.3 is 219 Å². The summed E-state index contributed by atoms with van der Waals surface area (Å²) in [6.07, 6.45) is 12.0. The van der Waals surface area contributed by atoms with Crippen molar-refractivity contribution < 1.29 is 26.7 Å². The van der Waals surface area contributed by atoms with Crippen molar-refractivity contribution in [2.45, 2.75) is 64.1 Å². The van der Waals surface area contributed by atoms with Gasteiger partial charge in [-0.2, -0.15) is 0 Å². The Morgan fingerprint density at radius 1 is 0.914 bits per heavy atom. The molecule has 0 spiro atoms. The molecule has 2 fully saturated rings. The fraction of sp³-hybridized carbons (Fsp3) is 0.500. The summed E-state index contributed by atoms with van der Waals surface area (Å²) in [6.45, 7) is 2.32. The minimum absolute atomic E-state index is 0.0441. The number of fused-ring (bicyclic) bond motifs is 3. The van der Waals surface area contributed by atoms with Crippen LogP contribution < -0.4 is 39.0 Å². The van der Waals surface area contributed by atoms with E-state index in [-0.39, 0.29) is 57.6 Å². The van der Waals surface area contributed by atoms with E-state index in [0.29, 0.717) is 23.8 Å². The molecule has 0 bridgehead atoms. The Hall–Kier alpha value is -1.58. The molecule has 2 saturated heterocycles. The predicted octanol–water partition coefficient (Wildman–Crippen LogP) is -2.32. The normalized spacial score (nSPS) is 25.7. The Morgan fingerprint density at radius 2 is 1.63 bits per heavy atom. The van der Waals surface area contributed by atoms with Crippen molar-refractivity contribution >= 4 is 33.0 Å². The molecular weight excluding hydrogens is 676 g/mol. The van der Waals surface area contributed by atoms with Crippen LogP contribution in [0.3, 0.4) is 0 Å². The van der Waals surface area contributed by atoms with Crippen molar-refractivity contribution in [1.82, 2.24) is 23.6 Å². The van der Waals surface area contributed by atoms with Crippen LogP contribution in [-0.4, -0.2) is 47.2 Å². The Kier molecular flexibility index (Phi) is 5.85. The van der Waals surface area contributed by atoms with E-state index in [1.165, 1.54) is 3.58 Å². The molecule has 7 rings (SSSR count). The molecule has 2 aromatic heterocycles. The summed E-state index contributed by atoms with van der Waals surface area (Å²) < 4.78 is 21.1. The first-order chi connectivity index (χ1) is 17.2. The van der Waals surface area contributed by atoms with Gasteiger partial charge in [0, 0.05) is 0 Å². The number of rotatable bonds is 2. The van der Waals surface area contributed by atoms with E-state index in [9.17, 15) is 9.59 Å². The van der Waals surface area contributed by atoms with Crippen LogP contribution in [0, 0.1) is 0 Å².